The molecular weight excluding hydrogens is 463 g/mol. The van der Waals surface area contributed by atoms with Crippen LogP contribution in [0.4, 0.5) is 4.79 Å². The second-order valence-electron chi connectivity index (χ2n) is 6.45. The van der Waals surface area contributed by atoms with E-state index in [1.807, 2.05) is 18.3 Å². The van der Waals surface area contributed by atoms with Crippen molar-refractivity contribution in [3.8, 4) is 0 Å². The van der Waals surface area contributed by atoms with Gasteiger partial charge in [0.15, 0.2) is 5.96 Å². The number of guanidine groups is 1. The zero-order chi connectivity index (χ0) is 18.1. The van der Waals surface area contributed by atoms with Crippen LogP contribution in [0.5, 0.6) is 0 Å². The van der Waals surface area contributed by atoms with Gasteiger partial charge in [-0.15, -0.1) is 35.3 Å². The lowest BCUT2D eigenvalue weighted by molar-refractivity contribution is 0.0963. The number of thiophene rings is 1. The van der Waals surface area contributed by atoms with E-state index in [4.69, 9.17) is 4.74 Å². The van der Waals surface area contributed by atoms with Crippen LogP contribution in [0.1, 0.15) is 31.6 Å². The van der Waals surface area contributed by atoms with E-state index >= 15 is 0 Å². The topological polar surface area (TPSA) is 66.0 Å². The lowest BCUT2D eigenvalue weighted by Gasteiger charge is -2.32. The van der Waals surface area contributed by atoms with Crippen LogP contribution >= 0.6 is 35.3 Å². The number of carbonyl (C=O) groups excluding carboxylic acids is 1. The lowest BCUT2D eigenvalue weighted by Crippen LogP contribution is -2.50. The molecular formula is C18H31IN4O2S. The molecule has 1 atom stereocenters. The number of aliphatic imine (C=N–C) groups is 1. The molecule has 148 valence electrons. The minimum Gasteiger partial charge on any atom is -0.450 e. The Morgan fingerprint density at radius 1 is 1.46 bits per heavy atom. The van der Waals surface area contributed by atoms with Gasteiger partial charge >= 0.3 is 6.09 Å². The monoisotopic (exact) mass is 494 g/mol. The maximum Gasteiger partial charge on any atom is 0.409 e. The van der Waals surface area contributed by atoms with Gasteiger partial charge in [-0.25, -0.2) is 4.79 Å². The Bertz CT molecular complexity index is 545. The molecule has 0 bridgehead atoms. The third-order valence-corrected chi connectivity index (χ3v) is 5.23. The van der Waals surface area contributed by atoms with Crippen molar-refractivity contribution in [2.75, 3.05) is 33.3 Å². The molecule has 0 spiro atoms. The minimum atomic E-state index is -0.203. The van der Waals surface area contributed by atoms with Gasteiger partial charge in [0.2, 0.25) is 0 Å². The Morgan fingerprint density at radius 3 is 2.77 bits per heavy atom. The van der Waals surface area contributed by atoms with Gasteiger partial charge in [-0.05, 0) is 43.6 Å². The van der Waals surface area contributed by atoms with Crippen molar-refractivity contribution < 1.29 is 9.53 Å². The van der Waals surface area contributed by atoms with Crippen LogP contribution in [-0.4, -0.2) is 56.3 Å². The highest BCUT2D eigenvalue weighted by Gasteiger charge is 2.24. The first-order valence-corrected chi connectivity index (χ1v) is 9.91. The van der Waals surface area contributed by atoms with E-state index in [0.29, 0.717) is 18.6 Å². The van der Waals surface area contributed by atoms with E-state index in [1.54, 1.807) is 11.9 Å². The fourth-order valence-corrected chi connectivity index (χ4v) is 3.79. The number of ether oxygens (including phenoxy) is 1. The van der Waals surface area contributed by atoms with E-state index in [1.165, 1.54) is 4.88 Å². The Balaban J connectivity index is 0.00000338. The molecule has 8 heteroatoms. The first-order chi connectivity index (χ1) is 12.1. The maximum absolute atomic E-state index is 11.7. The summed E-state index contributed by atoms with van der Waals surface area (Å²) in [6.07, 6.45) is 2.69. The summed E-state index contributed by atoms with van der Waals surface area (Å²) in [7, 11) is 1.80. The second kappa shape index (κ2) is 12.4. The number of nitrogens with one attached hydrogen (secondary N) is 2. The molecule has 1 aromatic rings. The van der Waals surface area contributed by atoms with Gasteiger partial charge in [0.05, 0.1) is 6.61 Å². The molecule has 0 aliphatic carbocycles. The van der Waals surface area contributed by atoms with Crippen LogP contribution in [0.3, 0.4) is 0 Å². The molecule has 1 unspecified atom stereocenters. The SMILES string of the molecule is CCOC(=O)N1CCC(NC(=NC)NCC(C)Cc2cccs2)CC1.I. The van der Waals surface area contributed by atoms with E-state index in [2.05, 4.69) is 40.1 Å². The molecule has 26 heavy (non-hydrogen) atoms. The van der Waals surface area contributed by atoms with Crippen molar-refractivity contribution in [1.82, 2.24) is 15.5 Å². The van der Waals surface area contributed by atoms with Crippen LogP contribution in [0.15, 0.2) is 22.5 Å². The van der Waals surface area contributed by atoms with Gasteiger partial charge < -0.3 is 20.3 Å². The Morgan fingerprint density at radius 2 is 2.19 bits per heavy atom. The maximum atomic E-state index is 11.7. The quantitative estimate of drug-likeness (QED) is 0.362. The summed E-state index contributed by atoms with van der Waals surface area (Å²) in [6, 6.07) is 4.62. The smallest absolute Gasteiger partial charge is 0.409 e. The summed E-state index contributed by atoms with van der Waals surface area (Å²) in [6.45, 7) is 6.85. The van der Waals surface area contributed by atoms with Gasteiger partial charge in [-0.3, -0.25) is 4.99 Å². The summed E-state index contributed by atoms with van der Waals surface area (Å²) in [5.41, 5.74) is 0. The number of likely N-dealkylation sites (tertiary alicyclic amines) is 1. The lowest BCUT2D eigenvalue weighted by atomic mass is 10.1. The predicted molar refractivity (Wildman–Crippen MR) is 119 cm³/mol. The molecule has 1 aliphatic rings. The summed E-state index contributed by atoms with van der Waals surface area (Å²) in [4.78, 5) is 19.3. The van der Waals surface area contributed by atoms with E-state index in [-0.39, 0.29) is 30.1 Å². The molecule has 0 saturated carbocycles. The van der Waals surface area contributed by atoms with Gasteiger partial charge in [0, 0.05) is 37.6 Å². The predicted octanol–water partition coefficient (Wildman–Crippen LogP) is 3.33. The molecule has 1 saturated heterocycles. The van der Waals surface area contributed by atoms with Crippen molar-refractivity contribution in [3.63, 3.8) is 0 Å². The van der Waals surface area contributed by atoms with E-state index < -0.39 is 0 Å². The molecule has 2 rings (SSSR count). The fraction of sp³-hybridized carbons (Fsp3) is 0.667. The van der Waals surface area contributed by atoms with Crippen molar-refractivity contribution in [1.29, 1.82) is 0 Å². The summed E-state index contributed by atoms with van der Waals surface area (Å²) in [5, 5.41) is 9.02. The Kier molecular flexibility index (Phi) is 11.0. The van der Waals surface area contributed by atoms with Crippen molar-refractivity contribution in [3.05, 3.63) is 22.4 Å². The van der Waals surface area contributed by atoms with Gasteiger partial charge in [0.25, 0.3) is 0 Å². The van der Waals surface area contributed by atoms with Gasteiger partial charge in [-0.2, -0.15) is 0 Å². The molecule has 2 N–H and O–H groups in total. The highest BCUT2D eigenvalue weighted by molar-refractivity contribution is 14.0. The highest BCUT2D eigenvalue weighted by Crippen LogP contribution is 2.14. The molecule has 0 aromatic carbocycles. The molecule has 1 amide bonds. The standard InChI is InChI=1S/C18H30N4O2S.HI/c1-4-24-18(23)22-9-7-15(8-10-22)21-17(19-3)20-13-14(2)12-16-6-5-11-25-16;/h5-6,11,14-15H,4,7-10,12-13H2,1-3H3,(H2,19,20,21);1H. The zero-order valence-electron chi connectivity index (χ0n) is 15.9. The normalized spacial score (nSPS) is 16.6. The van der Waals surface area contributed by atoms with Gasteiger partial charge in [0.1, 0.15) is 0 Å². The second-order valence-corrected chi connectivity index (χ2v) is 7.48. The van der Waals surface area contributed by atoms with Crippen LogP contribution < -0.4 is 10.6 Å². The number of rotatable bonds is 6. The molecule has 2 heterocycles. The zero-order valence-corrected chi connectivity index (χ0v) is 19.0. The summed E-state index contributed by atoms with van der Waals surface area (Å²) < 4.78 is 5.06. The molecule has 0 radical (unpaired) electrons. The van der Waals surface area contributed by atoms with Crippen molar-refractivity contribution >= 4 is 47.4 Å². The fourth-order valence-electron chi connectivity index (χ4n) is 2.92. The number of hydrogen-bond acceptors (Lipinski definition) is 4. The number of carbonyl (C=O) groups is 1. The summed E-state index contributed by atoms with van der Waals surface area (Å²) >= 11 is 1.81. The average molecular weight is 494 g/mol. The van der Waals surface area contributed by atoms with Crippen molar-refractivity contribution in [2.45, 2.75) is 39.2 Å². The Labute approximate surface area is 177 Å². The van der Waals surface area contributed by atoms with Crippen LogP contribution in [-0.2, 0) is 11.2 Å². The average Bonchev–Trinajstić information content (AvgIpc) is 3.12. The number of piperidine rings is 1. The Hall–Kier alpha value is -1.03. The number of nitrogens with zero attached hydrogens (tertiary/aromatic N) is 2. The summed E-state index contributed by atoms with van der Waals surface area (Å²) in [5.74, 6) is 1.38. The molecule has 1 aromatic heterocycles. The van der Waals surface area contributed by atoms with Crippen molar-refractivity contribution in [2.24, 2.45) is 10.9 Å². The third-order valence-electron chi connectivity index (χ3n) is 4.33. The first kappa shape index (κ1) is 23.0. The minimum absolute atomic E-state index is 0. The van der Waals surface area contributed by atoms with Crippen LogP contribution in [0.25, 0.3) is 0 Å². The third kappa shape index (κ3) is 7.69. The first-order valence-electron chi connectivity index (χ1n) is 9.03. The molecule has 6 nitrogen and oxygen atoms in total. The van der Waals surface area contributed by atoms with Gasteiger partial charge in [-0.1, -0.05) is 13.0 Å². The number of halogens is 1. The number of hydrogen-bond donors (Lipinski definition) is 2. The van der Waals surface area contributed by atoms with E-state index in [0.717, 1.165) is 44.9 Å². The van der Waals surface area contributed by atoms with Crippen LogP contribution in [0.2, 0.25) is 0 Å². The molecule has 1 fully saturated rings. The molecule has 1 aliphatic heterocycles. The highest BCUT2D eigenvalue weighted by atomic mass is 127. The van der Waals surface area contributed by atoms with Crippen LogP contribution in [0, 0.1) is 5.92 Å². The van der Waals surface area contributed by atoms with E-state index in [9.17, 15) is 4.79 Å². The number of amides is 1. The largest absolute Gasteiger partial charge is 0.450 e.